The van der Waals surface area contributed by atoms with E-state index in [4.69, 9.17) is 4.74 Å². The number of nitrogens with one attached hydrogen (secondary N) is 1. The molecule has 130 valence electrons. The molecule has 0 saturated carbocycles. The number of anilines is 1. The van der Waals surface area contributed by atoms with Crippen molar-refractivity contribution in [1.29, 1.82) is 0 Å². The molecule has 1 heterocycles. The lowest BCUT2D eigenvalue weighted by Gasteiger charge is -2.23. The van der Waals surface area contributed by atoms with Crippen molar-refractivity contribution in [2.45, 2.75) is 25.8 Å². The van der Waals surface area contributed by atoms with E-state index in [1.807, 2.05) is 31.2 Å². The highest BCUT2D eigenvalue weighted by molar-refractivity contribution is 14.1. The molecule has 5 nitrogen and oxygen atoms in total. The Hall–Kier alpha value is -2.09. The largest absolute Gasteiger partial charge is 0.415 e. The van der Waals surface area contributed by atoms with Gasteiger partial charge in [-0.15, -0.1) is 0 Å². The molecule has 0 radical (unpaired) electrons. The Balaban J connectivity index is 1.68. The molecule has 1 aliphatic heterocycles. The number of carbonyl (C=O) groups excluding carboxylic acids is 2. The number of amides is 2. The van der Waals surface area contributed by atoms with Gasteiger partial charge in [0.15, 0.2) is 0 Å². The van der Waals surface area contributed by atoms with Gasteiger partial charge in [-0.3, -0.25) is 9.69 Å². The molecule has 3 rings (SSSR count). The van der Waals surface area contributed by atoms with E-state index >= 15 is 0 Å². The fraction of sp³-hybridized carbons (Fsp3) is 0.263. The van der Waals surface area contributed by atoms with Crippen LogP contribution in [0.25, 0.3) is 0 Å². The molecule has 1 aliphatic rings. The quantitative estimate of drug-likeness (QED) is 0.714. The minimum absolute atomic E-state index is 0.174. The molecule has 0 aliphatic carbocycles. The van der Waals surface area contributed by atoms with Gasteiger partial charge in [0.05, 0.1) is 0 Å². The Labute approximate surface area is 160 Å². The summed E-state index contributed by atoms with van der Waals surface area (Å²) in [5.74, 6) is 0.304. The lowest BCUT2D eigenvalue weighted by molar-refractivity contribution is -0.119. The van der Waals surface area contributed by atoms with Gasteiger partial charge in [-0.2, -0.15) is 0 Å². The number of hydrogen-bond acceptors (Lipinski definition) is 3. The number of ether oxygens (including phenoxy) is 1. The number of carbonyl (C=O) groups is 2. The second kappa shape index (κ2) is 7.86. The van der Waals surface area contributed by atoms with Gasteiger partial charge in [0.25, 0.3) is 0 Å². The van der Waals surface area contributed by atoms with Gasteiger partial charge in [-0.05, 0) is 78.3 Å². The van der Waals surface area contributed by atoms with Crippen molar-refractivity contribution >= 4 is 40.3 Å². The Morgan fingerprint density at radius 2 is 1.96 bits per heavy atom. The van der Waals surface area contributed by atoms with E-state index in [0.717, 1.165) is 21.2 Å². The minimum Gasteiger partial charge on any atom is -0.410 e. The van der Waals surface area contributed by atoms with Gasteiger partial charge in [-0.25, -0.2) is 4.79 Å². The summed E-state index contributed by atoms with van der Waals surface area (Å²) in [6.45, 7) is 2.48. The molecule has 25 heavy (non-hydrogen) atoms. The van der Waals surface area contributed by atoms with E-state index in [0.29, 0.717) is 18.7 Å². The number of nitrogens with zero attached hydrogens (tertiary/aromatic N) is 1. The molecule has 1 fully saturated rings. The zero-order chi connectivity index (χ0) is 17.8. The first-order valence-corrected chi connectivity index (χ1v) is 9.23. The number of halogens is 1. The van der Waals surface area contributed by atoms with Crippen molar-refractivity contribution in [3.05, 3.63) is 57.7 Å². The Bertz CT molecular complexity index is 779. The molecule has 1 N–H and O–H groups in total. The van der Waals surface area contributed by atoms with Crippen LogP contribution in [0.2, 0.25) is 0 Å². The van der Waals surface area contributed by atoms with Crippen LogP contribution in [0.4, 0.5) is 10.5 Å². The van der Waals surface area contributed by atoms with Crippen LogP contribution in [-0.4, -0.2) is 29.5 Å². The lowest BCUT2D eigenvalue weighted by Crippen LogP contribution is -2.44. The molecular formula is C19H19IN2O3. The summed E-state index contributed by atoms with van der Waals surface area (Å²) in [6, 6.07) is 14.2. The van der Waals surface area contributed by atoms with Crippen LogP contribution in [0.15, 0.2) is 48.5 Å². The fourth-order valence-corrected chi connectivity index (χ4v) is 3.54. The molecule has 2 aromatic carbocycles. The molecule has 0 bridgehead atoms. The van der Waals surface area contributed by atoms with Crippen LogP contribution < -0.4 is 10.1 Å². The monoisotopic (exact) mass is 450 g/mol. The zero-order valence-electron chi connectivity index (χ0n) is 13.9. The minimum atomic E-state index is -0.505. The van der Waals surface area contributed by atoms with E-state index in [1.54, 1.807) is 24.3 Å². The van der Waals surface area contributed by atoms with Crippen molar-refractivity contribution in [3.63, 3.8) is 0 Å². The van der Waals surface area contributed by atoms with Crippen molar-refractivity contribution in [2.75, 3.05) is 11.9 Å². The van der Waals surface area contributed by atoms with Gasteiger partial charge in [0.2, 0.25) is 5.91 Å². The number of aryl methyl sites for hydroxylation is 1. The van der Waals surface area contributed by atoms with Crippen molar-refractivity contribution in [1.82, 2.24) is 4.90 Å². The highest BCUT2D eigenvalue weighted by Gasteiger charge is 2.35. The summed E-state index contributed by atoms with van der Waals surface area (Å²) in [5.41, 5.74) is 1.77. The Kier molecular flexibility index (Phi) is 5.57. The maximum atomic E-state index is 12.7. The third-order valence-corrected chi connectivity index (χ3v) is 4.86. The third kappa shape index (κ3) is 4.31. The van der Waals surface area contributed by atoms with Crippen molar-refractivity contribution in [3.8, 4) is 5.75 Å². The molecule has 0 spiro atoms. The summed E-state index contributed by atoms with van der Waals surface area (Å²) >= 11 is 2.23. The molecule has 1 saturated heterocycles. The van der Waals surface area contributed by atoms with Crippen LogP contribution in [-0.2, 0) is 4.79 Å². The first-order chi connectivity index (χ1) is 12.0. The Morgan fingerprint density at radius 3 is 2.68 bits per heavy atom. The van der Waals surface area contributed by atoms with Crippen molar-refractivity contribution in [2.24, 2.45) is 0 Å². The lowest BCUT2D eigenvalue weighted by atomic mass is 10.1. The smallest absolute Gasteiger partial charge is 0.410 e. The van der Waals surface area contributed by atoms with E-state index in [-0.39, 0.29) is 5.91 Å². The van der Waals surface area contributed by atoms with Gasteiger partial charge in [0.1, 0.15) is 11.8 Å². The standard InChI is InChI=1S/C19H19IN2O3/c1-13-12-14(20)9-10-16(13)21-18(23)17-8-5-11-22(17)19(24)25-15-6-3-2-4-7-15/h2-4,6-7,9-10,12,17H,5,8,11H2,1H3,(H,21,23). The van der Waals surface area contributed by atoms with Crippen LogP contribution in [0.5, 0.6) is 5.75 Å². The average molecular weight is 450 g/mol. The normalized spacial score (nSPS) is 16.6. The third-order valence-electron chi connectivity index (χ3n) is 4.18. The number of hydrogen-bond donors (Lipinski definition) is 1. The predicted octanol–water partition coefficient (Wildman–Crippen LogP) is 4.20. The summed E-state index contributed by atoms with van der Waals surface area (Å²) in [4.78, 5) is 26.6. The van der Waals surface area contributed by atoms with Crippen LogP contribution in [0.3, 0.4) is 0 Å². The Morgan fingerprint density at radius 1 is 1.20 bits per heavy atom. The van der Waals surface area contributed by atoms with Crippen LogP contribution in [0, 0.1) is 10.5 Å². The van der Waals surface area contributed by atoms with Gasteiger partial charge >= 0.3 is 6.09 Å². The van der Waals surface area contributed by atoms with Crippen LogP contribution in [0.1, 0.15) is 18.4 Å². The summed E-state index contributed by atoms with van der Waals surface area (Å²) in [5, 5.41) is 2.94. The zero-order valence-corrected chi connectivity index (χ0v) is 16.0. The molecule has 1 atom stereocenters. The van der Waals surface area contributed by atoms with E-state index < -0.39 is 12.1 Å². The van der Waals surface area contributed by atoms with E-state index in [1.165, 1.54) is 4.90 Å². The van der Waals surface area contributed by atoms with Gasteiger partial charge < -0.3 is 10.1 Å². The van der Waals surface area contributed by atoms with E-state index in [9.17, 15) is 9.59 Å². The second-order valence-corrected chi connectivity index (χ2v) is 7.23. The summed E-state index contributed by atoms with van der Waals surface area (Å²) in [7, 11) is 0. The first kappa shape index (κ1) is 17.7. The number of para-hydroxylation sites is 1. The molecule has 2 amide bonds. The van der Waals surface area contributed by atoms with Crippen molar-refractivity contribution < 1.29 is 14.3 Å². The number of rotatable bonds is 3. The highest BCUT2D eigenvalue weighted by Crippen LogP contribution is 2.23. The summed E-state index contributed by atoms with van der Waals surface area (Å²) < 4.78 is 6.49. The first-order valence-electron chi connectivity index (χ1n) is 8.15. The molecule has 1 unspecified atom stereocenters. The molecule has 2 aromatic rings. The summed E-state index contributed by atoms with van der Waals surface area (Å²) in [6.07, 6.45) is 0.940. The maximum absolute atomic E-state index is 12.7. The van der Waals surface area contributed by atoms with E-state index in [2.05, 4.69) is 27.9 Å². The van der Waals surface area contributed by atoms with Gasteiger partial charge in [-0.1, -0.05) is 18.2 Å². The molecular weight excluding hydrogens is 431 g/mol. The topological polar surface area (TPSA) is 58.6 Å². The average Bonchev–Trinajstić information content (AvgIpc) is 3.08. The SMILES string of the molecule is Cc1cc(I)ccc1NC(=O)C1CCCN1C(=O)Oc1ccccc1. The fourth-order valence-electron chi connectivity index (χ4n) is 2.89. The van der Waals surface area contributed by atoms with Gasteiger partial charge in [0, 0.05) is 15.8 Å². The number of likely N-dealkylation sites (tertiary alicyclic amines) is 1. The molecule has 0 aromatic heterocycles. The maximum Gasteiger partial charge on any atom is 0.415 e. The molecule has 6 heteroatoms. The predicted molar refractivity (Wildman–Crippen MR) is 105 cm³/mol. The van der Waals surface area contributed by atoms with Crippen LogP contribution >= 0.6 is 22.6 Å². The highest BCUT2D eigenvalue weighted by atomic mass is 127. The number of benzene rings is 2. The second-order valence-electron chi connectivity index (χ2n) is 5.98.